The summed E-state index contributed by atoms with van der Waals surface area (Å²) < 4.78 is 17.6. The predicted octanol–water partition coefficient (Wildman–Crippen LogP) is 3.72. The fourth-order valence-corrected chi connectivity index (χ4v) is 2.51. The first-order chi connectivity index (χ1) is 10.0. The Morgan fingerprint density at radius 3 is 2.67 bits per heavy atom. The van der Waals surface area contributed by atoms with Gasteiger partial charge < -0.3 is 10.1 Å². The maximum Gasteiger partial charge on any atom is 0.348 e. The van der Waals surface area contributed by atoms with E-state index in [0.29, 0.717) is 5.69 Å². The quantitative estimate of drug-likeness (QED) is 0.517. The molecule has 2 rings (SSSR count). The van der Waals surface area contributed by atoms with Crippen molar-refractivity contribution in [2.75, 3.05) is 11.9 Å². The van der Waals surface area contributed by atoms with Gasteiger partial charge >= 0.3 is 11.7 Å². The molecule has 1 N–H and O–H groups in total. The molecule has 8 heteroatoms. The Bertz CT molecular complexity index is 669. The summed E-state index contributed by atoms with van der Waals surface area (Å²) in [5, 5.41) is 14.0. The van der Waals surface area contributed by atoms with Crippen LogP contribution in [0.15, 0.2) is 30.3 Å². The van der Waals surface area contributed by atoms with E-state index in [1.54, 1.807) is 6.92 Å². The third-order valence-electron chi connectivity index (χ3n) is 2.49. The highest BCUT2D eigenvalue weighted by atomic mass is 32.1. The van der Waals surface area contributed by atoms with Gasteiger partial charge in [0.15, 0.2) is 5.00 Å². The smallest absolute Gasteiger partial charge is 0.348 e. The highest BCUT2D eigenvalue weighted by Crippen LogP contribution is 2.37. The van der Waals surface area contributed by atoms with Gasteiger partial charge in [0.05, 0.1) is 11.5 Å². The molecular weight excluding hydrogens is 299 g/mol. The topological polar surface area (TPSA) is 81.5 Å². The van der Waals surface area contributed by atoms with Gasteiger partial charge in [-0.25, -0.2) is 9.18 Å². The second kappa shape index (κ2) is 6.31. The molecule has 6 nitrogen and oxygen atoms in total. The molecule has 0 saturated carbocycles. The molecule has 0 unspecified atom stereocenters. The number of thiophene rings is 1. The van der Waals surface area contributed by atoms with Crippen molar-refractivity contribution in [1.29, 1.82) is 0 Å². The van der Waals surface area contributed by atoms with E-state index < -0.39 is 16.7 Å². The first kappa shape index (κ1) is 14.9. The number of ether oxygens (including phenoxy) is 1. The second-order valence-electron chi connectivity index (χ2n) is 3.93. The van der Waals surface area contributed by atoms with E-state index in [-0.39, 0.29) is 22.2 Å². The molecule has 110 valence electrons. The van der Waals surface area contributed by atoms with Gasteiger partial charge in [-0.1, -0.05) is 0 Å². The summed E-state index contributed by atoms with van der Waals surface area (Å²) in [5.74, 6) is -1.02. The molecule has 1 aromatic heterocycles. The molecule has 1 aromatic carbocycles. The molecule has 21 heavy (non-hydrogen) atoms. The number of halogens is 1. The summed E-state index contributed by atoms with van der Waals surface area (Å²) in [4.78, 5) is 22.2. The Kier molecular flexibility index (Phi) is 4.49. The summed E-state index contributed by atoms with van der Waals surface area (Å²) in [6.45, 7) is 1.84. The first-order valence-corrected chi connectivity index (χ1v) is 6.81. The number of rotatable bonds is 5. The third-order valence-corrected chi connectivity index (χ3v) is 3.51. The monoisotopic (exact) mass is 310 g/mol. The minimum Gasteiger partial charge on any atom is -0.462 e. The number of nitrogens with one attached hydrogen (secondary N) is 1. The van der Waals surface area contributed by atoms with Crippen molar-refractivity contribution in [2.45, 2.75) is 6.92 Å². The van der Waals surface area contributed by atoms with Gasteiger partial charge in [-0.2, -0.15) is 0 Å². The van der Waals surface area contributed by atoms with Crippen LogP contribution in [0.4, 0.5) is 20.8 Å². The minimum absolute atomic E-state index is 0.133. The zero-order valence-corrected chi connectivity index (χ0v) is 11.8. The summed E-state index contributed by atoms with van der Waals surface area (Å²) in [6, 6.07) is 6.52. The van der Waals surface area contributed by atoms with Gasteiger partial charge in [0.1, 0.15) is 10.7 Å². The molecule has 0 spiro atoms. The van der Waals surface area contributed by atoms with Crippen LogP contribution in [-0.4, -0.2) is 17.5 Å². The zero-order chi connectivity index (χ0) is 15.4. The Morgan fingerprint density at radius 1 is 1.43 bits per heavy atom. The number of anilines is 2. The Hall–Kier alpha value is -2.48. The largest absolute Gasteiger partial charge is 0.462 e. The normalized spacial score (nSPS) is 10.2. The highest BCUT2D eigenvalue weighted by molar-refractivity contribution is 7.18. The molecule has 1 heterocycles. The van der Waals surface area contributed by atoms with Crippen molar-refractivity contribution >= 4 is 33.7 Å². The molecule has 0 bridgehead atoms. The van der Waals surface area contributed by atoms with Crippen molar-refractivity contribution in [3.63, 3.8) is 0 Å². The first-order valence-electron chi connectivity index (χ1n) is 5.99. The van der Waals surface area contributed by atoms with E-state index in [0.717, 1.165) is 17.4 Å². The maximum atomic E-state index is 12.8. The number of hydrogen-bond donors (Lipinski definition) is 1. The van der Waals surface area contributed by atoms with Crippen LogP contribution in [0, 0.1) is 15.9 Å². The van der Waals surface area contributed by atoms with E-state index in [4.69, 9.17) is 4.74 Å². The van der Waals surface area contributed by atoms with E-state index in [1.165, 1.54) is 24.3 Å². The van der Waals surface area contributed by atoms with Gasteiger partial charge in [0.2, 0.25) is 0 Å². The van der Waals surface area contributed by atoms with Gasteiger partial charge in [-0.05, 0) is 31.2 Å². The molecule has 0 saturated heterocycles. The summed E-state index contributed by atoms with van der Waals surface area (Å²) >= 11 is 0.914. The number of nitrogens with zero attached hydrogens (tertiary/aromatic N) is 1. The zero-order valence-electron chi connectivity index (χ0n) is 11.0. The van der Waals surface area contributed by atoms with Crippen molar-refractivity contribution in [2.24, 2.45) is 0 Å². The Labute approximate surface area is 123 Å². The summed E-state index contributed by atoms with van der Waals surface area (Å²) in [5.41, 5.74) is 0.254. The molecular formula is C13H11FN2O4S. The fourth-order valence-electron chi connectivity index (χ4n) is 1.57. The van der Waals surface area contributed by atoms with Crippen LogP contribution in [0.1, 0.15) is 16.6 Å². The van der Waals surface area contributed by atoms with Gasteiger partial charge in [-0.3, -0.25) is 10.1 Å². The van der Waals surface area contributed by atoms with Gasteiger partial charge in [0.25, 0.3) is 0 Å². The fraction of sp³-hybridized carbons (Fsp3) is 0.154. The predicted molar refractivity (Wildman–Crippen MR) is 76.6 cm³/mol. The number of nitro groups is 1. The number of carbonyl (C=O) groups is 1. The lowest BCUT2D eigenvalue weighted by molar-refractivity contribution is -0.383. The third kappa shape index (κ3) is 3.54. The van der Waals surface area contributed by atoms with Crippen molar-refractivity contribution < 1.29 is 18.8 Å². The molecule has 0 aliphatic carbocycles. The lowest BCUT2D eigenvalue weighted by Gasteiger charge is -2.02. The lowest BCUT2D eigenvalue weighted by atomic mass is 10.3. The van der Waals surface area contributed by atoms with Crippen LogP contribution in [0.2, 0.25) is 0 Å². The maximum absolute atomic E-state index is 12.8. The van der Waals surface area contributed by atoms with Crippen LogP contribution in [0.5, 0.6) is 0 Å². The minimum atomic E-state index is -0.613. The van der Waals surface area contributed by atoms with E-state index in [1.807, 2.05) is 0 Å². The van der Waals surface area contributed by atoms with Crippen LogP contribution in [-0.2, 0) is 4.74 Å². The van der Waals surface area contributed by atoms with Crippen molar-refractivity contribution in [1.82, 2.24) is 0 Å². The number of carbonyl (C=O) groups excluding carboxylic acids is 1. The van der Waals surface area contributed by atoms with E-state index in [9.17, 15) is 19.3 Å². The van der Waals surface area contributed by atoms with E-state index >= 15 is 0 Å². The van der Waals surface area contributed by atoms with Crippen molar-refractivity contribution in [3.8, 4) is 0 Å². The molecule has 0 atom stereocenters. The summed E-state index contributed by atoms with van der Waals surface area (Å²) in [7, 11) is 0. The number of esters is 1. The molecule has 0 fully saturated rings. The van der Waals surface area contributed by atoms with Crippen LogP contribution < -0.4 is 5.32 Å². The lowest BCUT2D eigenvalue weighted by Crippen LogP contribution is -2.01. The molecule has 0 aliphatic heterocycles. The Morgan fingerprint density at radius 2 is 2.10 bits per heavy atom. The average molecular weight is 310 g/mol. The van der Waals surface area contributed by atoms with Crippen LogP contribution >= 0.6 is 11.3 Å². The molecule has 0 amide bonds. The number of hydrogen-bond acceptors (Lipinski definition) is 6. The SMILES string of the molecule is CCOC(=O)c1cc([N+](=O)[O-])c(Nc2ccc(F)cc2)s1. The van der Waals surface area contributed by atoms with Gasteiger partial charge in [0, 0.05) is 11.8 Å². The Balaban J connectivity index is 2.30. The van der Waals surface area contributed by atoms with Gasteiger partial charge in [-0.15, -0.1) is 11.3 Å². The second-order valence-corrected chi connectivity index (χ2v) is 4.99. The van der Waals surface area contributed by atoms with Crippen LogP contribution in [0.25, 0.3) is 0 Å². The molecule has 0 radical (unpaired) electrons. The standard InChI is InChI=1S/C13H11FN2O4S/c1-2-20-13(17)11-7-10(16(18)19)12(21-11)15-9-5-3-8(14)4-6-9/h3-7,15H,2H2,1H3. The molecule has 0 aliphatic rings. The average Bonchev–Trinajstić information content (AvgIpc) is 2.86. The summed E-state index contributed by atoms with van der Waals surface area (Å²) in [6.07, 6.45) is 0. The van der Waals surface area contributed by atoms with E-state index in [2.05, 4.69) is 5.32 Å². The van der Waals surface area contributed by atoms with Crippen LogP contribution in [0.3, 0.4) is 0 Å². The number of benzene rings is 1. The molecule has 2 aromatic rings. The highest BCUT2D eigenvalue weighted by Gasteiger charge is 2.23. The van der Waals surface area contributed by atoms with Crippen molar-refractivity contribution in [3.05, 3.63) is 51.1 Å².